The minimum Gasteiger partial charge on any atom is -0.378 e. The molecule has 1 fully saturated rings. The van der Waals surface area contributed by atoms with Gasteiger partial charge in [0.15, 0.2) is 0 Å². The standard InChI is InChI=1S/C27H29N5O4S/c1-3-31(4-2)37(34,35)25-12-8-9-21(18-25)26-23(20-32(29-26)24-10-6-5-7-11-24)17-22(19-28)27(33)30-13-15-36-16-14-30/h5-12,17-18,20H,3-4,13-16H2,1-2H3/b22-17-. The molecule has 1 aliphatic rings. The molecule has 0 saturated carbocycles. The van der Waals surface area contributed by atoms with Crippen LogP contribution >= 0.6 is 0 Å². The summed E-state index contributed by atoms with van der Waals surface area (Å²) >= 11 is 0. The summed E-state index contributed by atoms with van der Waals surface area (Å²) in [7, 11) is -3.69. The summed E-state index contributed by atoms with van der Waals surface area (Å²) in [5.74, 6) is -0.373. The Morgan fingerprint density at radius 2 is 1.81 bits per heavy atom. The largest absolute Gasteiger partial charge is 0.378 e. The SMILES string of the molecule is CCN(CC)S(=O)(=O)c1cccc(-c2nn(-c3ccccc3)cc2/C=C(/C#N)C(=O)N2CCOCC2)c1. The number of hydrogen-bond acceptors (Lipinski definition) is 6. The van der Waals surface area contributed by atoms with E-state index in [-0.39, 0.29) is 16.4 Å². The van der Waals surface area contributed by atoms with Crippen LogP contribution in [0.3, 0.4) is 0 Å². The number of nitriles is 1. The van der Waals surface area contributed by atoms with Crippen molar-refractivity contribution in [2.75, 3.05) is 39.4 Å². The number of nitrogens with zero attached hydrogens (tertiary/aromatic N) is 5. The van der Waals surface area contributed by atoms with E-state index in [1.54, 1.807) is 53.9 Å². The van der Waals surface area contributed by atoms with Gasteiger partial charge in [0.05, 0.1) is 23.8 Å². The molecule has 2 heterocycles. The molecule has 1 amide bonds. The second-order valence-corrected chi connectivity index (χ2v) is 10.3. The Morgan fingerprint density at radius 3 is 2.46 bits per heavy atom. The zero-order valence-electron chi connectivity index (χ0n) is 20.9. The number of carbonyl (C=O) groups is 1. The summed E-state index contributed by atoms with van der Waals surface area (Å²) in [6, 6.07) is 18.0. The lowest BCUT2D eigenvalue weighted by atomic mass is 10.1. The third-order valence-electron chi connectivity index (χ3n) is 6.16. The van der Waals surface area contributed by atoms with Gasteiger partial charge in [0.1, 0.15) is 17.3 Å². The van der Waals surface area contributed by atoms with Gasteiger partial charge in [0, 0.05) is 43.5 Å². The maximum atomic E-state index is 13.2. The van der Waals surface area contributed by atoms with Crippen LogP contribution in [-0.4, -0.2) is 72.7 Å². The Bertz CT molecular complexity index is 1430. The second kappa shape index (κ2) is 11.5. The Hall–Kier alpha value is -3.78. The highest BCUT2D eigenvalue weighted by atomic mass is 32.2. The third kappa shape index (κ3) is 5.64. The van der Waals surface area contributed by atoms with Gasteiger partial charge in [0.25, 0.3) is 5.91 Å². The van der Waals surface area contributed by atoms with Crippen molar-refractivity contribution in [2.24, 2.45) is 0 Å². The van der Waals surface area contributed by atoms with Gasteiger partial charge in [-0.2, -0.15) is 14.7 Å². The van der Waals surface area contributed by atoms with E-state index in [1.807, 2.05) is 36.4 Å². The van der Waals surface area contributed by atoms with E-state index >= 15 is 0 Å². The maximum Gasteiger partial charge on any atom is 0.264 e. The zero-order valence-corrected chi connectivity index (χ0v) is 21.7. The first-order valence-electron chi connectivity index (χ1n) is 12.1. The van der Waals surface area contributed by atoms with Crippen molar-refractivity contribution in [3.05, 3.63) is 71.9 Å². The fourth-order valence-corrected chi connectivity index (χ4v) is 5.69. The van der Waals surface area contributed by atoms with Gasteiger partial charge in [-0.25, -0.2) is 13.1 Å². The van der Waals surface area contributed by atoms with Crippen molar-refractivity contribution >= 4 is 22.0 Å². The number of rotatable bonds is 8. The molecule has 3 aromatic rings. The molecule has 0 aliphatic carbocycles. The monoisotopic (exact) mass is 519 g/mol. The van der Waals surface area contributed by atoms with Gasteiger partial charge in [-0.1, -0.05) is 44.2 Å². The highest BCUT2D eigenvalue weighted by Crippen LogP contribution is 2.29. The fourth-order valence-electron chi connectivity index (χ4n) is 4.18. The summed E-state index contributed by atoms with van der Waals surface area (Å²) in [4.78, 5) is 14.8. The van der Waals surface area contributed by atoms with Crippen LogP contribution < -0.4 is 0 Å². The van der Waals surface area contributed by atoms with Gasteiger partial charge in [-0.05, 0) is 30.3 Å². The highest BCUT2D eigenvalue weighted by molar-refractivity contribution is 7.89. The number of amides is 1. The minimum absolute atomic E-state index is 0.0253. The fraction of sp³-hybridized carbons (Fsp3) is 0.296. The van der Waals surface area contributed by atoms with Crippen molar-refractivity contribution in [3.8, 4) is 23.0 Å². The van der Waals surface area contributed by atoms with E-state index < -0.39 is 10.0 Å². The van der Waals surface area contributed by atoms with E-state index in [0.717, 1.165) is 5.69 Å². The summed E-state index contributed by atoms with van der Waals surface area (Å²) in [5, 5.41) is 14.6. The average molecular weight is 520 g/mol. The van der Waals surface area contributed by atoms with Crippen LogP contribution in [0.1, 0.15) is 19.4 Å². The maximum absolute atomic E-state index is 13.2. The molecule has 0 spiro atoms. The first-order valence-corrected chi connectivity index (χ1v) is 13.6. The Labute approximate surface area is 217 Å². The number of carbonyl (C=O) groups excluding carboxylic acids is 1. The van der Waals surface area contributed by atoms with Gasteiger partial charge in [-0.15, -0.1) is 0 Å². The molecule has 10 heteroatoms. The number of para-hydroxylation sites is 1. The van der Waals surface area contributed by atoms with Crippen molar-refractivity contribution in [2.45, 2.75) is 18.7 Å². The number of morpholine rings is 1. The summed E-state index contributed by atoms with van der Waals surface area (Å²) in [6.45, 7) is 5.99. The number of sulfonamides is 1. The van der Waals surface area contributed by atoms with Crippen LogP contribution in [0.2, 0.25) is 0 Å². The van der Waals surface area contributed by atoms with Gasteiger partial charge in [0.2, 0.25) is 10.0 Å². The highest BCUT2D eigenvalue weighted by Gasteiger charge is 2.24. The van der Waals surface area contributed by atoms with E-state index in [4.69, 9.17) is 9.84 Å². The number of ether oxygens (including phenoxy) is 1. The van der Waals surface area contributed by atoms with Crippen LogP contribution in [0.5, 0.6) is 0 Å². The molecule has 192 valence electrons. The van der Waals surface area contributed by atoms with Gasteiger partial charge < -0.3 is 9.64 Å². The van der Waals surface area contributed by atoms with Crippen LogP contribution in [0, 0.1) is 11.3 Å². The van der Waals surface area contributed by atoms with Crippen molar-refractivity contribution < 1.29 is 17.9 Å². The molecule has 37 heavy (non-hydrogen) atoms. The summed E-state index contributed by atoms with van der Waals surface area (Å²) < 4.78 is 34.7. The lowest BCUT2D eigenvalue weighted by Crippen LogP contribution is -2.41. The molecule has 0 N–H and O–H groups in total. The topological polar surface area (TPSA) is 109 Å². The van der Waals surface area contributed by atoms with Crippen LogP contribution in [0.4, 0.5) is 0 Å². The molecule has 0 atom stereocenters. The lowest BCUT2D eigenvalue weighted by Gasteiger charge is -2.26. The molecular formula is C27H29N5O4S. The smallest absolute Gasteiger partial charge is 0.264 e. The molecule has 9 nitrogen and oxygen atoms in total. The van der Waals surface area contributed by atoms with Gasteiger partial charge in [-0.3, -0.25) is 4.79 Å². The zero-order chi connectivity index (χ0) is 26.4. The van der Waals surface area contributed by atoms with E-state index in [1.165, 1.54) is 10.4 Å². The van der Waals surface area contributed by atoms with Crippen LogP contribution in [0.25, 0.3) is 23.0 Å². The van der Waals surface area contributed by atoms with Crippen LogP contribution in [-0.2, 0) is 19.6 Å². The quantitative estimate of drug-likeness (QED) is 0.334. The minimum atomic E-state index is -3.69. The molecule has 1 aliphatic heterocycles. The number of aromatic nitrogens is 2. The molecule has 1 aromatic heterocycles. The van der Waals surface area contributed by atoms with E-state index in [9.17, 15) is 18.5 Å². The molecular weight excluding hydrogens is 490 g/mol. The first-order chi connectivity index (χ1) is 17.9. The van der Waals surface area contributed by atoms with Crippen molar-refractivity contribution in [1.29, 1.82) is 5.26 Å². The predicted octanol–water partition coefficient (Wildman–Crippen LogP) is 3.34. The number of benzene rings is 2. The van der Waals surface area contributed by atoms with Crippen molar-refractivity contribution in [3.63, 3.8) is 0 Å². The molecule has 2 aromatic carbocycles. The van der Waals surface area contributed by atoms with E-state index in [2.05, 4.69) is 0 Å². The third-order valence-corrected chi connectivity index (χ3v) is 8.21. The Balaban J connectivity index is 1.82. The summed E-state index contributed by atoms with van der Waals surface area (Å²) in [6.07, 6.45) is 3.26. The lowest BCUT2D eigenvalue weighted by molar-refractivity contribution is -0.130. The molecule has 0 bridgehead atoms. The predicted molar refractivity (Wildman–Crippen MR) is 140 cm³/mol. The Morgan fingerprint density at radius 1 is 1.11 bits per heavy atom. The first kappa shape index (κ1) is 26.3. The second-order valence-electron chi connectivity index (χ2n) is 8.40. The van der Waals surface area contributed by atoms with Crippen LogP contribution in [0.15, 0.2) is 71.3 Å². The Kier molecular flexibility index (Phi) is 8.18. The summed E-state index contributed by atoms with van der Waals surface area (Å²) in [5.41, 5.74) is 2.31. The van der Waals surface area contributed by atoms with E-state index in [0.29, 0.717) is 56.2 Å². The van der Waals surface area contributed by atoms with Crippen molar-refractivity contribution in [1.82, 2.24) is 19.0 Å². The molecule has 1 saturated heterocycles. The molecule has 0 radical (unpaired) electrons. The van der Waals surface area contributed by atoms with Gasteiger partial charge >= 0.3 is 0 Å². The molecule has 4 rings (SSSR count). The normalized spacial score (nSPS) is 14.5. The average Bonchev–Trinajstić information content (AvgIpc) is 3.37. The molecule has 0 unspecified atom stereocenters. The number of hydrogen-bond donors (Lipinski definition) is 0.